The van der Waals surface area contributed by atoms with E-state index in [0.29, 0.717) is 25.5 Å². The summed E-state index contributed by atoms with van der Waals surface area (Å²) in [5, 5.41) is 1.13. The zero-order valence-corrected chi connectivity index (χ0v) is 16.6. The van der Waals surface area contributed by atoms with E-state index in [0.717, 1.165) is 17.9 Å². The summed E-state index contributed by atoms with van der Waals surface area (Å²) >= 11 is 1.52. The van der Waals surface area contributed by atoms with E-state index in [1.165, 1.54) is 17.3 Å². The monoisotopic (exact) mass is 378 g/mol. The van der Waals surface area contributed by atoms with Gasteiger partial charge in [0.15, 0.2) is 12.6 Å². The Kier molecular flexibility index (Phi) is 8.16. The summed E-state index contributed by atoms with van der Waals surface area (Å²) in [6.45, 7) is 7.21. The minimum Gasteiger partial charge on any atom is -0.466 e. The molecule has 0 N–H and O–H groups in total. The van der Waals surface area contributed by atoms with Crippen LogP contribution in [0.15, 0.2) is 30.3 Å². The van der Waals surface area contributed by atoms with Crippen LogP contribution in [0.5, 0.6) is 0 Å². The van der Waals surface area contributed by atoms with E-state index < -0.39 is 0 Å². The molecule has 0 amide bonds. The molecular formula is C20H28NO4S+. The second-order valence-corrected chi connectivity index (χ2v) is 7.29. The third-order valence-corrected chi connectivity index (χ3v) is 5.66. The SMILES string of the molecule is CCOC(=O)CSC1=[N+](Cc2ccccc2)[C@H](C)[C@H](C(=O)OCC)CC1. The number of rotatable bonds is 7. The van der Waals surface area contributed by atoms with E-state index in [1.54, 1.807) is 0 Å². The van der Waals surface area contributed by atoms with Gasteiger partial charge >= 0.3 is 11.9 Å². The van der Waals surface area contributed by atoms with Gasteiger partial charge in [0, 0.05) is 12.0 Å². The number of nitrogens with zero attached hydrogens (tertiary/aromatic N) is 1. The molecular weight excluding hydrogens is 350 g/mol. The molecule has 0 spiro atoms. The average molecular weight is 379 g/mol. The Hall–Kier alpha value is -1.82. The number of esters is 2. The summed E-state index contributed by atoms with van der Waals surface area (Å²) < 4.78 is 12.5. The lowest BCUT2D eigenvalue weighted by Gasteiger charge is -2.27. The van der Waals surface area contributed by atoms with Gasteiger partial charge in [-0.3, -0.25) is 9.59 Å². The third kappa shape index (κ3) is 5.59. The van der Waals surface area contributed by atoms with Crippen LogP contribution >= 0.6 is 11.8 Å². The number of thioether (sulfide) groups is 1. The standard InChI is InChI=1S/C20H28NO4S/c1-4-24-19(22)14-26-18-12-11-17(20(23)25-5-2)15(3)21(18)13-16-9-7-6-8-10-16/h6-10,15,17H,4-5,11-14H2,1-3H3/q+1/t15-,17-/m1/s1. The fraction of sp³-hybridized carbons (Fsp3) is 0.550. The third-order valence-electron chi connectivity index (χ3n) is 4.51. The van der Waals surface area contributed by atoms with Crippen LogP contribution in [0.2, 0.25) is 0 Å². The van der Waals surface area contributed by atoms with Gasteiger partial charge in [-0.25, -0.2) is 4.58 Å². The van der Waals surface area contributed by atoms with Crippen LogP contribution in [-0.2, 0) is 25.6 Å². The lowest BCUT2D eigenvalue weighted by Crippen LogP contribution is -2.43. The molecule has 0 bridgehead atoms. The quantitative estimate of drug-likeness (QED) is 0.538. The average Bonchev–Trinajstić information content (AvgIpc) is 2.63. The van der Waals surface area contributed by atoms with Crippen LogP contribution in [0, 0.1) is 5.92 Å². The molecule has 0 fully saturated rings. The molecule has 2 atom stereocenters. The maximum absolute atomic E-state index is 12.3. The van der Waals surface area contributed by atoms with Crippen molar-refractivity contribution in [2.75, 3.05) is 19.0 Å². The Labute approximate surface area is 159 Å². The summed E-state index contributed by atoms with van der Waals surface area (Å²) in [6, 6.07) is 10.2. The molecule has 26 heavy (non-hydrogen) atoms. The second kappa shape index (κ2) is 10.4. The highest BCUT2D eigenvalue weighted by atomic mass is 32.2. The van der Waals surface area contributed by atoms with E-state index in [9.17, 15) is 9.59 Å². The molecule has 5 nitrogen and oxygen atoms in total. The predicted octanol–water partition coefficient (Wildman–Crippen LogP) is 3.26. The molecule has 1 aliphatic rings. The first-order valence-electron chi connectivity index (χ1n) is 9.18. The van der Waals surface area contributed by atoms with Gasteiger partial charge in [-0.05, 0) is 27.2 Å². The number of hydrogen-bond acceptors (Lipinski definition) is 5. The normalized spacial score (nSPS) is 20.0. The molecule has 1 aromatic carbocycles. The summed E-state index contributed by atoms with van der Waals surface area (Å²) in [5.41, 5.74) is 1.18. The lowest BCUT2D eigenvalue weighted by molar-refractivity contribution is -0.586. The number of carbonyl (C=O) groups excluding carboxylic acids is 2. The topological polar surface area (TPSA) is 55.6 Å². The molecule has 1 aromatic rings. The van der Waals surface area contributed by atoms with Crippen molar-refractivity contribution in [2.45, 2.75) is 46.2 Å². The molecule has 0 unspecified atom stereocenters. The van der Waals surface area contributed by atoms with Crippen LogP contribution in [0.1, 0.15) is 39.2 Å². The minimum absolute atomic E-state index is 0.0210. The highest BCUT2D eigenvalue weighted by Gasteiger charge is 2.40. The van der Waals surface area contributed by atoms with Gasteiger partial charge in [0.2, 0.25) is 5.04 Å². The molecule has 0 radical (unpaired) electrons. The Balaban J connectivity index is 2.21. The molecule has 142 valence electrons. The van der Waals surface area contributed by atoms with Crippen LogP contribution in [0.3, 0.4) is 0 Å². The van der Waals surface area contributed by atoms with E-state index in [2.05, 4.69) is 23.6 Å². The van der Waals surface area contributed by atoms with Crippen molar-refractivity contribution in [3.8, 4) is 0 Å². The Morgan fingerprint density at radius 2 is 1.85 bits per heavy atom. The molecule has 1 heterocycles. The smallest absolute Gasteiger partial charge is 0.316 e. The van der Waals surface area contributed by atoms with Gasteiger partial charge in [-0.1, -0.05) is 42.1 Å². The lowest BCUT2D eigenvalue weighted by atomic mass is 9.92. The van der Waals surface area contributed by atoms with E-state index in [4.69, 9.17) is 9.47 Å². The molecule has 6 heteroatoms. The second-order valence-electron chi connectivity index (χ2n) is 6.24. The van der Waals surface area contributed by atoms with Crippen molar-refractivity contribution >= 4 is 28.7 Å². The summed E-state index contributed by atoms with van der Waals surface area (Å²) in [5.74, 6) is -0.187. The molecule has 1 aliphatic heterocycles. The number of ether oxygens (including phenoxy) is 2. The maximum atomic E-state index is 12.3. The van der Waals surface area contributed by atoms with E-state index in [-0.39, 0.29) is 23.9 Å². The van der Waals surface area contributed by atoms with Gasteiger partial charge in [0.25, 0.3) is 0 Å². The number of carbonyl (C=O) groups is 2. The largest absolute Gasteiger partial charge is 0.466 e. The Morgan fingerprint density at radius 3 is 2.50 bits per heavy atom. The first-order valence-corrected chi connectivity index (χ1v) is 10.2. The summed E-state index contributed by atoms with van der Waals surface area (Å²) in [6.07, 6.45) is 1.52. The maximum Gasteiger partial charge on any atom is 0.316 e. The first kappa shape index (κ1) is 20.5. The van der Waals surface area contributed by atoms with Gasteiger partial charge in [-0.2, -0.15) is 0 Å². The van der Waals surface area contributed by atoms with Crippen molar-refractivity contribution in [1.29, 1.82) is 0 Å². The summed E-state index contributed by atoms with van der Waals surface area (Å²) in [7, 11) is 0. The predicted molar refractivity (Wildman–Crippen MR) is 103 cm³/mol. The van der Waals surface area contributed by atoms with Gasteiger partial charge in [0.05, 0.1) is 13.2 Å². The molecule has 0 aliphatic carbocycles. The zero-order valence-electron chi connectivity index (χ0n) is 15.8. The van der Waals surface area contributed by atoms with Crippen molar-refractivity contribution in [3.63, 3.8) is 0 Å². The number of benzene rings is 1. The van der Waals surface area contributed by atoms with Gasteiger partial charge in [0.1, 0.15) is 11.7 Å². The molecule has 0 saturated heterocycles. The Bertz CT molecular complexity index is 644. The van der Waals surface area contributed by atoms with Crippen molar-refractivity contribution in [1.82, 2.24) is 0 Å². The Morgan fingerprint density at radius 1 is 1.15 bits per heavy atom. The van der Waals surface area contributed by atoms with Crippen LogP contribution in [0.4, 0.5) is 0 Å². The molecule has 0 aromatic heterocycles. The van der Waals surface area contributed by atoms with Crippen LogP contribution in [0.25, 0.3) is 0 Å². The zero-order chi connectivity index (χ0) is 18.9. The number of hydrogen-bond donors (Lipinski definition) is 0. The highest BCUT2D eigenvalue weighted by molar-refractivity contribution is 8.14. The van der Waals surface area contributed by atoms with Gasteiger partial charge < -0.3 is 9.47 Å². The van der Waals surface area contributed by atoms with E-state index >= 15 is 0 Å². The molecule has 2 rings (SSSR count). The van der Waals surface area contributed by atoms with Crippen molar-refractivity contribution < 1.29 is 23.6 Å². The van der Waals surface area contributed by atoms with Gasteiger partial charge in [-0.15, -0.1) is 0 Å². The van der Waals surface area contributed by atoms with Crippen LogP contribution in [-0.4, -0.2) is 46.6 Å². The highest BCUT2D eigenvalue weighted by Crippen LogP contribution is 2.27. The fourth-order valence-electron chi connectivity index (χ4n) is 3.18. The van der Waals surface area contributed by atoms with E-state index in [1.807, 2.05) is 32.0 Å². The first-order chi connectivity index (χ1) is 12.6. The summed E-state index contributed by atoms with van der Waals surface area (Å²) in [4.78, 5) is 24.1. The van der Waals surface area contributed by atoms with Crippen molar-refractivity contribution in [3.05, 3.63) is 35.9 Å². The van der Waals surface area contributed by atoms with Crippen LogP contribution < -0.4 is 0 Å². The molecule has 0 saturated carbocycles. The fourth-order valence-corrected chi connectivity index (χ4v) is 4.21. The van der Waals surface area contributed by atoms with Crippen molar-refractivity contribution in [2.24, 2.45) is 5.92 Å². The minimum atomic E-state index is -0.204.